The summed E-state index contributed by atoms with van der Waals surface area (Å²) in [4.78, 5) is 26.3. The minimum absolute atomic E-state index is 0.0930. The molecule has 0 unspecified atom stereocenters. The van der Waals surface area contributed by atoms with Gasteiger partial charge in [-0.05, 0) is 65.2 Å². The van der Waals surface area contributed by atoms with Crippen molar-refractivity contribution in [2.75, 3.05) is 20.3 Å². The van der Waals surface area contributed by atoms with Crippen LogP contribution in [0.1, 0.15) is 30.9 Å². The van der Waals surface area contributed by atoms with Gasteiger partial charge in [-0.1, -0.05) is 41.6 Å². The predicted octanol–water partition coefficient (Wildman–Crippen LogP) is 6.37. The highest BCUT2D eigenvalue weighted by molar-refractivity contribution is 9.10. The highest BCUT2D eigenvalue weighted by atomic mass is 79.9. The molecule has 2 aromatic rings. The number of ether oxygens (including phenoxy) is 3. The first kappa shape index (κ1) is 27.4. The van der Waals surface area contributed by atoms with Crippen LogP contribution in [0.15, 0.2) is 39.7 Å². The van der Waals surface area contributed by atoms with E-state index in [-0.39, 0.29) is 35.5 Å². The monoisotopic (exact) mass is 601 g/mol. The average Bonchev–Trinajstić information content (AvgIpc) is 3.07. The third-order valence-electron chi connectivity index (χ3n) is 4.91. The number of hydrogen-bond acceptors (Lipinski definition) is 7. The van der Waals surface area contributed by atoms with Crippen LogP contribution in [0.5, 0.6) is 11.5 Å². The Labute approximate surface area is 225 Å². The molecule has 0 atom stereocenters. The van der Waals surface area contributed by atoms with Gasteiger partial charge >= 0.3 is 5.97 Å². The molecule has 0 bridgehead atoms. The molecule has 11 heteroatoms. The normalized spacial score (nSPS) is 14.5. The van der Waals surface area contributed by atoms with E-state index >= 15 is 0 Å². The number of hydrogen-bond donors (Lipinski definition) is 0. The van der Waals surface area contributed by atoms with Gasteiger partial charge < -0.3 is 14.2 Å². The fraction of sp³-hybridized carbons (Fsp3) is 0.292. The van der Waals surface area contributed by atoms with E-state index in [9.17, 15) is 14.0 Å². The van der Waals surface area contributed by atoms with Crippen molar-refractivity contribution in [2.45, 2.75) is 26.4 Å². The van der Waals surface area contributed by atoms with Crippen LogP contribution >= 0.6 is 51.5 Å². The van der Waals surface area contributed by atoms with Crippen molar-refractivity contribution < 1.29 is 28.2 Å². The summed E-state index contributed by atoms with van der Waals surface area (Å²) in [5, 5.41) is 0.265. The molecule has 1 saturated heterocycles. The Hall–Kier alpha value is -2.14. The molecule has 1 aliphatic rings. The Morgan fingerprint density at radius 1 is 1.34 bits per heavy atom. The van der Waals surface area contributed by atoms with Crippen LogP contribution in [-0.4, -0.2) is 41.4 Å². The van der Waals surface area contributed by atoms with Crippen molar-refractivity contribution in [3.63, 3.8) is 0 Å². The third-order valence-corrected chi connectivity index (χ3v) is 7.23. The predicted molar refractivity (Wildman–Crippen MR) is 142 cm³/mol. The lowest BCUT2D eigenvalue weighted by Gasteiger charge is -2.15. The van der Waals surface area contributed by atoms with Crippen molar-refractivity contribution in [2.24, 2.45) is 0 Å². The summed E-state index contributed by atoms with van der Waals surface area (Å²) in [5.74, 6) is -0.231. The average molecular weight is 603 g/mol. The first-order valence-corrected chi connectivity index (χ1v) is 13.0. The van der Waals surface area contributed by atoms with Crippen LogP contribution < -0.4 is 9.47 Å². The summed E-state index contributed by atoms with van der Waals surface area (Å²) >= 11 is 16.1. The number of halogens is 3. The molecular formula is C24H22BrClFNO5S2. The minimum Gasteiger partial charge on any atom is -0.493 e. The van der Waals surface area contributed by atoms with E-state index in [0.717, 1.165) is 0 Å². The van der Waals surface area contributed by atoms with Gasteiger partial charge in [-0.3, -0.25) is 14.5 Å². The zero-order valence-corrected chi connectivity index (χ0v) is 22.9. The molecule has 1 amide bonds. The molecule has 0 aliphatic carbocycles. The Balaban J connectivity index is 1.74. The molecule has 0 aromatic heterocycles. The molecule has 6 nitrogen and oxygen atoms in total. The first-order valence-electron chi connectivity index (χ1n) is 10.6. The molecule has 35 heavy (non-hydrogen) atoms. The fourth-order valence-electron chi connectivity index (χ4n) is 3.24. The van der Waals surface area contributed by atoms with Crippen molar-refractivity contribution in [1.82, 2.24) is 4.90 Å². The second-order valence-electron chi connectivity index (χ2n) is 7.26. The summed E-state index contributed by atoms with van der Waals surface area (Å²) in [7, 11) is 1.48. The van der Waals surface area contributed by atoms with Crippen LogP contribution in [0.25, 0.3) is 6.08 Å². The topological polar surface area (TPSA) is 65.1 Å². The maximum Gasteiger partial charge on any atom is 0.305 e. The van der Waals surface area contributed by atoms with Crippen molar-refractivity contribution in [3.05, 3.63) is 61.7 Å². The van der Waals surface area contributed by atoms with Gasteiger partial charge in [0.15, 0.2) is 11.5 Å². The zero-order chi connectivity index (χ0) is 25.5. The molecule has 0 N–H and O–H groups in total. The first-order chi connectivity index (χ1) is 16.7. The number of carbonyl (C=O) groups excluding carboxylic acids is 2. The quantitative estimate of drug-likeness (QED) is 0.178. The second kappa shape index (κ2) is 12.7. The number of thioether (sulfide) groups is 1. The number of esters is 1. The maximum atomic E-state index is 14.1. The number of carbonyl (C=O) groups is 2. The Kier molecular flexibility index (Phi) is 9.97. The van der Waals surface area contributed by atoms with E-state index in [4.69, 9.17) is 38.0 Å². The smallest absolute Gasteiger partial charge is 0.305 e. The molecule has 0 spiro atoms. The maximum absolute atomic E-state index is 14.1. The van der Waals surface area contributed by atoms with E-state index < -0.39 is 5.82 Å². The number of amides is 1. The molecule has 1 aliphatic heterocycles. The lowest BCUT2D eigenvalue weighted by Crippen LogP contribution is -2.29. The van der Waals surface area contributed by atoms with E-state index in [1.54, 1.807) is 31.2 Å². The third kappa shape index (κ3) is 6.97. The van der Waals surface area contributed by atoms with Crippen LogP contribution in [0.3, 0.4) is 0 Å². The zero-order valence-electron chi connectivity index (χ0n) is 18.9. The van der Waals surface area contributed by atoms with E-state index in [0.29, 0.717) is 50.3 Å². The van der Waals surface area contributed by atoms with Gasteiger partial charge in [0.1, 0.15) is 16.7 Å². The molecular weight excluding hydrogens is 581 g/mol. The highest BCUT2D eigenvalue weighted by Gasteiger charge is 2.31. The number of nitrogens with zero attached hydrogens (tertiary/aromatic N) is 1. The second-order valence-corrected chi connectivity index (χ2v) is 10.2. The largest absolute Gasteiger partial charge is 0.493 e. The SMILES string of the molecule is CCOC(=O)CCCN1C(=O)/C(=C\c2cc(Br)c(OCc3c(F)cccc3Cl)c(OC)c2)SC1=S. The molecule has 1 heterocycles. The lowest BCUT2D eigenvalue weighted by molar-refractivity contribution is -0.143. The summed E-state index contributed by atoms with van der Waals surface area (Å²) in [6.45, 7) is 2.31. The lowest BCUT2D eigenvalue weighted by atomic mass is 10.1. The number of thiocarbonyl (C=S) groups is 1. The van der Waals surface area contributed by atoms with Crippen molar-refractivity contribution >= 4 is 73.8 Å². The summed E-state index contributed by atoms with van der Waals surface area (Å²) in [6.07, 6.45) is 2.37. The van der Waals surface area contributed by atoms with Gasteiger partial charge in [-0.15, -0.1) is 0 Å². The molecule has 1 fully saturated rings. The van der Waals surface area contributed by atoms with Crippen LogP contribution in [0.2, 0.25) is 5.02 Å². The van der Waals surface area contributed by atoms with Gasteiger partial charge in [0.25, 0.3) is 5.91 Å². The Morgan fingerprint density at radius 3 is 2.80 bits per heavy atom. The fourth-order valence-corrected chi connectivity index (χ4v) is 5.34. The van der Waals surface area contributed by atoms with Gasteiger partial charge in [0.2, 0.25) is 0 Å². The van der Waals surface area contributed by atoms with Gasteiger partial charge in [0.05, 0.1) is 28.1 Å². The van der Waals surface area contributed by atoms with Crippen LogP contribution in [0, 0.1) is 5.82 Å². The van der Waals surface area contributed by atoms with E-state index in [2.05, 4.69) is 15.9 Å². The Morgan fingerprint density at radius 2 is 2.11 bits per heavy atom. The number of benzene rings is 2. The molecule has 0 saturated carbocycles. The molecule has 3 rings (SSSR count). The van der Waals surface area contributed by atoms with Crippen LogP contribution in [-0.2, 0) is 20.9 Å². The van der Waals surface area contributed by atoms with Gasteiger partial charge in [-0.2, -0.15) is 0 Å². The summed E-state index contributed by atoms with van der Waals surface area (Å²) < 4.78 is 31.3. The minimum atomic E-state index is -0.464. The van der Waals surface area contributed by atoms with Gasteiger partial charge in [-0.25, -0.2) is 4.39 Å². The standard InChI is InChI=1S/C24H22BrClFNO5S2/c1-3-32-21(29)8-5-9-28-23(30)20(35-24(28)34)12-14-10-16(25)22(19(11-14)31-2)33-13-15-17(26)6-4-7-18(15)27/h4,6-7,10-12H,3,5,8-9,13H2,1-2H3/b20-12+. The Bertz CT molecular complexity index is 1160. The van der Waals surface area contributed by atoms with Crippen LogP contribution in [0.4, 0.5) is 4.39 Å². The highest BCUT2D eigenvalue weighted by Crippen LogP contribution is 2.40. The molecule has 2 aromatic carbocycles. The summed E-state index contributed by atoms with van der Waals surface area (Å²) in [5.41, 5.74) is 0.913. The molecule has 186 valence electrons. The van der Waals surface area contributed by atoms with E-state index in [1.807, 2.05) is 0 Å². The van der Waals surface area contributed by atoms with Crippen molar-refractivity contribution in [1.29, 1.82) is 0 Å². The van der Waals surface area contributed by atoms with Gasteiger partial charge in [0, 0.05) is 18.5 Å². The van der Waals surface area contributed by atoms with Crippen molar-refractivity contribution in [3.8, 4) is 11.5 Å². The number of rotatable bonds is 10. The molecule has 0 radical (unpaired) electrons. The summed E-state index contributed by atoms with van der Waals surface area (Å²) in [6, 6.07) is 7.89. The number of methoxy groups -OCH3 is 1. The van der Waals surface area contributed by atoms with E-state index in [1.165, 1.54) is 35.9 Å².